The molecule has 120 valence electrons. The first kappa shape index (κ1) is 15.6. The number of quaternary nitrogens is 1. The van der Waals surface area contributed by atoms with Crippen LogP contribution in [0.3, 0.4) is 0 Å². The van der Waals surface area contributed by atoms with E-state index in [0.29, 0.717) is 6.61 Å². The average molecular weight is 310 g/mol. The number of rotatable bonds is 5. The van der Waals surface area contributed by atoms with Crippen molar-refractivity contribution in [1.29, 1.82) is 0 Å². The first-order chi connectivity index (χ1) is 11.3. The highest BCUT2D eigenvalue weighted by Crippen LogP contribution is 2.13. The van der Waals surface area contributed by atoms with Crippen molar-refractivity contribution in [2.75, 3.05) is 33.2 Å². The van der Waals surface area contributed by atoms with Crippen molar-refractivity contribution >= 4 is 6.21 Å². The normalized spacial score (nSPS) is 16.0. The van der Waals surface area contributed by atoms with Gasteiger partial charge in [-0.15, -0.1) is 0 Å². The highest BCUT2D eigenvalue weighted by molar-refractivity contribution is 5.79. The van der Waals surface area contributed by atoms with Gasteiger partial charge in [-0.2, -0.15) is 5.10 Å². The SMILES string of the molecule is C[NH+]1CCN(N=Cc2ccc(OCc3ccccc3)cc2)CC1. The first-order valence-corrected chi connectivity index (χ1v) is 8.16. The summed E-state index contributed by atoms with van der Waals surface area (Å²) in [5.41, 5.74) is 2.28. The van der Waals surface area contributed by atoms with Gasteiger partial charge in [-0.1, -0.05) is 30.3 Å². The summed E-state index contributed by atoms with van der Waals surface area (Å²) in [4.78, 5) is 1.58. The van der Waals surface area contributed by atoms with Crippen molar-refractivity contribution in [3.63, 3.8) is 0 Å². The van der Waals surface area contributed by atoms with Gasteiger partial charge in [0.2, 0.25) is 0 Å². The third-order valence-electron chi connectivity index (χ3n) is 4.09. The molecule has 0 unspecified atom stereocenters. The zero-order valence-corrected chi connectivity index (χ0v) is 13.6. The van der Waals surface area contributed by atoms with E-state index in [1.807, 2.05) is 48.7 Å². The maximum absolute atomic E-state index is 5.80. The Morgan fingerprint density at radius 3 is 2.43 bits per heavy atom. The highest BCUT2D eigenvalue weighted by Gasteiger charge is 2.13. The number of piperazine rings is 1. The fourth-order valence-electron chi connectivity index (χ4n) is 2.53. The molecule has 0 radical (unpaired) electrons. The third kappa shape index (κ3) is 4.83. The summed E-state index contributed by atoms with van der Waals surface area (Å²) in [7, 11) is 2.23. The Labute approximate surface area is 138 Å². The van der Waals surface area contributed by atoms with Gasteiger partial charge in [0.25, 0.3) is 0 Å². The van der Waals surface area contributed by atoms with Crippen molar-refractivity contribution in [2.24, 2.45) is 5.10 Å². The zero-order chi connectivity index (χ0) is 15.9. The van der Waals surface area contributed by atoms with E-state index in [0.717, 1.165) is 37.5 Å². The molecule has 0 aromatic heterocycles. The lowest BCUT2D eigenvalue weighted by atomic mass is 10.2. The van der Waals surface area contributed by atoms with Crippen molar-refractivity contribution < 1.29 is 9.64 Å². The number of benzene rings is 2. The van der Waals surface area contributed by atoms with Crippen LogP contribution in [-0.4, -0.2) is 44.5 Å². The van der Waals surface area contributed by atoms with E-state index in [9.17, 15) is 0 Å². The topological polar surface area (TPSA) is 29.3 Å². The minimum absolute atomic E-state index is 0.595. The van der Waals surface area contributed by atoms with E-state index in [1.54, 1.807) is 4.90 Å². The third-order valence-corrected chi connectivity index (χ3v) is 4.09. The standard InChI is InChI=1S/C19H23N3O/c1-21-11-13-22(14-12-21)20-15-17-7-9-19(10-8-17)23-16-18-5-3-2-4-6-18/h2-10,15H,11-14,16H2,1H3/p+1. The maximum atomic E-state index is 5.80. The number of hydrogen-bond acceptors (Lipinski definition) is 3. The Bertz CT molecular complexity index is 617. The van der Waals surface area contributed by atoms with Crippen molar-refractivity contribution in [1.82, 2.24) is 5.01 Å². The second kappa shape index (κ2) is 7.79. The number of hydrazone groups is 1. The highest BCUT2D eigenvalue weighted by atomic mass is 16.5. The van der Waals surface area contributed by atoms with E-state index in [2.05, 4.69) is 29.3 Å². The van der Waals surface area contributed by atoms with Gasteiger partial charge in [-0.3, -0.25) is 5.01 Å². The summed E-state index contributed by atoms with van der Waals surface area (Å²) in [6.45, 7) is 4.96. The molecule has 1 N–H and O–H groups in total. The van der Waals surface area contributed by atoms with Crippen molar-refractivity contribution in [2.45, 2.75) is 6.61 Å². The van der Waals surface area contributed by atoms with Crippen molar-refractivity contribution in [3.05, 3.63) is 65.7 Å². The van der Waals surface area contributed by atoms with Gasteiger partial charge in [-0.05, 0) is 35.4 Å². The quantitative estimate of drug-likeness (QED) is 0.847. The molecule has 1 fully saturated rings. The fourth-order valence-corrected chi connectivity index (χ4v) is 2.53. The van der Waals surface area contributed by atoms with Crippen LogP contribution in [-0.2, 0) is 6.61 Å². The van der Waals surface area contributed by atoms with Crippen LogP contribution >= 0.6 is 0 Å². The number of hydrogen-bond donors (Lipinski definition) is 1. The van der Waals surface area contributed by atoms with Gasteiger partial charge >= 0.3 is 0 Å². The monoisotopic (exact) mass is 310 g/mol. The Morgan fingerprint density at radius 1 is 1.04 bits per heavy atom. The first-order valence-electron chi connectivity index (χ1n) is 8.16. The molecule has 1 heterocycles. The molecule has 1 aliphatic heterocycles. The summed E-state index contributed by atoms with van der Waals surface area (Å²) < 4.78 is 5.80. The van der Waals surface area contributed by atoms with Crippen LogP contribution in [0.4, 0.5) is 0 Å². The lowest BCUT2D eigenvalue weighted by Gasteiger charge is -2.27. The molecule has 4 nitrogen and oxygen atoms in total. The van der Waals surface area contributed by atoms with Gasteiger partial charge in [0.1, 0.15) is 12.4 Å². The molecule has 0 atom stereocenters. The summed E-state index contributed by atoms with van der Waals surface area (Å²) in [6.07, 6.45) is 1.93. The Hall–Kier alpha value is -2.33. The smallest absolute Gasteiger partial charge is 0.119 e. The number of nitrogens with zero attached hydrogens (tertiary/aromatic N) is 2. The second-order valence-electron chi connectivity index (χ2n) is 6.00. The molecule has 0 bridgehead atoms. The number of ether oxygens (including phenoxy) is 1. The van der Waals surface area contributed by atoms with Crippen LogP contribution in [0.1, 0.15) is 11.1 Å². The van der Waals surface area contributed by atoms with E-state index in [1.165, 1.54) is 5.56 Å². The van der Waals surface area contributed by atoms with Crippen LogP contribution in [0.2, 0.25) is 0 Å². The molecule has 0 aliphatic carbocycles. The molecule has 23 heavy (non-hydrogen) atoms. The molecular formula is C19H24N3O+. The molecule has 0 spiro atoms. The molecule has 1 saturated heterocycles. The molecule has 0 saturated carbocycles. The molecule has 4 heteroatoms. The number of nitrogens with one attached hydrogen (secondary N) is 1. The number of likely N-dealkylation sites (N-methyl/N-ethyl adjacent to an activating group) is 1. The van der Waals surface area contributed by atoms with Gasteiger partial charge in [0, 0.05) is 0 Å². The van der Waals surface area contributed by atoms with Crippen LogP contribution in [0.25, 0.3) is 0 Å². The van der Waals surface area contributed by atoms with Gasteiger partial charge < -0.3 is 9.64 Å². The van der Waals surface area contributed by atoms with Gasteiger partial charge in [-0.25, -0.2) is 0 Å². The van der Waals surface area contributed by atoms with Gasteiger partial charge in [0.15, 0.2) is 0 Å². The molecule has 0 amide bonds. The fraction of sp³-hybridized carbons (Fsp3) is 0.316. The van der Waals surface area contributed by atoms with Crippen molar-refractivity contribution in [3.8, 4) is 5.75 Å². The second-order valence-corrected chi connectivity index (χ2v) is 6.00. The average Bonchev–Trinajstić information content (AvgIpc) is 2.61. The van der Waals surface area contributed by atoms with E-state index in [-0.39, 0.29) is 0 Å². The van der Waals surface area contributed by atoms with Crippen LogP contribution in [0.5, 0.6) is 5.75 Å². The maximum Gasteiger partial charge on any atom is 0.119 e. The predicted octanol–water partition coefficient (Wildman–Crippen LogP) is 1.43. The van der Waals surface area contributed by atoms with E-state index >= 15 is 0 Å². The Kier molecular flexibility index (Phi) is 5.27. The van der Waals surface area contributed by atoms with Crippen LogP contribution < -0.4 is 9.64 Å². The van der Waals surface area contributed by atoms with E-state index < -0.39 is 0 Å². The zero-order valence-electron chi connectivity index (χ0n) is 13.6. The minimum Gasteiger partial charge on any atom is -0.489 e. The lowest BCUT2D eigenvalue weighted by Crippen LogP contribution is -3.11. The predicted molar refractivity (Wildman–Crippen MR) is 93.0 cm³/mol. The van der Waals surface area contributed by atoms with Gasteiger partial charge in [0.05, 0.1) is 39.4 Å². The Morgan fingerprint density at radius 2 is 1.74 bits per heavy atom. The minimum atomic E-state index is 0.595. The molecule has 3 rings (SSSR count). The van der Waals surface area contributed by atoms with E-state index in [4.69, 9.17) is 4.74 Å². The molecular weight excluding hydrogens is 286 g/mol. The lowest BCUT2D eigenvalue weighted by molar-refractivity contribution is -0.884. The van der Waals surface area contributed by atoms with Crippen LogP contribution in [0.15, 0.2) is 59.7 Å². The molecule has 2 aromatic rings. The summed E-state index contributed by atoms with van der Waals surface area (Å²) >= 11 is 0. The Balaban J connectivity index is 1.50. The summed E-state index contributed by atoms with van der Waals surface area (Å²) in [5, 5.41) is 6.71. The summed E-state index contributed by atoms with van der Waals surface area (Å²) in [6, 6.07) is 18.3. The molecule has 1 aliphatic rings. The van der Waals surface area contributed by atoms with Crippen LogP contribution in [0, 0.1) is 0 Å². The molecule has 2 aromatic carbocycles. The largest absolute Gasteiger partial charge is 0.489 e. The summed E-state index contributed by atoms with van der Waals surface area (Å²) in [5.74, 6) is 0.884.